The lowest BCUT2D eigenvalue weighted by atomic mass is 10.1. The van der Waals surface area contributed by atoms with Crippen LogP contribution in [0.15, 0.2) is 76.4 Å². The molecule has 2 aromatic heterocycles. The van der Waals surface area contributed by atoms with Gasteiger partial charge < -0.3 is 15.0 Å². The number of aromatic nitrogens is 3. The average molecular weight is 430 g/mol. The highest BCUT2D eigenvalue weighted by molar-refractivity contribution is 5.94. The van der Waals surface area contributed by atoms with Crippen molar-refractivity contribution in [2.45, 2.75) is 20.0 Å². The summed E-state index contributed by atoms with van der Waals surface area (Å²) >= 11 is 0. The van der Waals surface area contributed by atoms with Crippen LogP contribution in [0.4, 0.5) is 0 Å². The summed E-state index contributed by atoms with van der Waals surface area (Å²) in [5, 5.41) is 2.89. The SMILES string of the molecule is CCOc1ccccc1CNC(=O)c1ccc(Cn2c(=O)c(=O)[nH]c3cccnc32)cc1. The molecule has 0 saturated carbocycles. The largest absolute Gasteiger partial charge is 0.494 e. The first-order valence-corrected chi connectivity index (χ1v) is 10.2. The number of para-hydroxylation sites is 1. The van der Waals surface area contributed by atoms with Gasteiger partial charge in [0.1, 0.15) is 5.75 Å². The molecule has 1 amide bonds. The maximum Gasteiger partial charge on any atom is 0.318 e. The van der Waals surface area contributed by atoms with Gasteiger partial charge in [-0.1, -0.05) is 30.3 Å². The predicted octanol–water partition coefficient (Wildman–Crippen LogP) is 2.46. The number of ether oxygens (including phenoxy) is 1. The van der Waals surface area contributed by atoms with Crippen LogP contribution < -0.4 is 21.2 Å². The summed E-state index contributed by atoms with van der Waals surface area (Å²) in [6, 6.07) is 17.8. The standard InChI is InChI=1S/C24H22N4O4/c1-2-32-20-8-4-3-6-18(20)14-26-22(29)17-11-9-16(10-12-17)15-28-21-19(7-5-13-25-21)27-23(30)24(28)31/h3-13H,2,14-15H2,1H3,(H,26,29)(H,27,30). The minimum absolute atomic E-state index is 0.167. The van der Waals surface area contributed by atoms with Gasteiger partial charge in [-0.25, -0.2) is 4.98 Å². The molecule has 0 aliphatic rings. The molecule has 0 radical (unpaired) electrons. The number of hydrogen-bond acceptors (Lipinski definition) is 5. The van der Waals surface area contributed by atoms with Crippen molar-refractivity contribution >= 4 is 17.1 Å². The van der Waals surface area contributed by atoms with Gasteiger partial charge in [-0.05, 0) is 42.8 Å². The zero-order chi connectivity index (χ0) is 22.5. The third-order valence-electron chi connectivity index (χ3n) is 5.00. The average Bonchev–Trinajstić information content (AvgIpc) is 2.82. The fourth-order valence-electron chi connectivity index (χ4n) is 3.42. The van der Waals surface area contributed by atoms with E-state index in [1.165, 1.54) is 4.57 Å². The minimum Gasteiger partial charge on any atom is -0.494 e. The van der Waals surface area contributed by atoms with Crippen molar-refractivity contribution in [1.82, 2.24) is 19.9 Å². The van der Waals surface area contributed by atoms with Crippen LogP contribution in [0.2, 0.25) is 0 Å². The van der Waals surface area contributed by atoms with E-state index in [1.807, 2.05) is 31.2 Å². The summed E-state index contributed by atoms with van der Waals surface area (Å²) in [7, 11) is 0. The van der Waals surface area contributed by atoms with E-state index in [9.17, 15) is 14.4 Å². The molecule has 0 spiro atoms. The fraction of sp³-hybridized carbons (Fsp3) is 0.167. The van der Waals surface area contributed by atoms with Gasteiger partial charge in [0.15, 0.2) is 5.65 Å². The maximum atomic E-state index is 12.6. The Morgan fingerprint density at radius 1 is 1.06 bits per heavy atom. The highest BCUT2D eigenvalue weighted by Gasteiger charge is 2.11. The monoisotopic (exact) mass is 430 g/mol. The highest BCUT2D eigenvalue weighted by Crippen LogP contribution is 2.18. The molecule has 8 heteroatoms. The number of nitrogens with one attached hydrogen (secondary N) is 2. The van der Waals surface area contributed by atoms with Gasteiger partial charge in [-0.15, -0.1) is 0 Å². The van der Waals surface area contributed by atoms with Crippen LogP contribution >= 0.6 is 0 Å². The summed E-state index contributed by atoms with van der Waals surface area (Å²) < 4.78 is 6.91. The molecule has 0 aliphatic carbocycles. The number of fused-ring (bicyclic) bond motifs is 1. The topological polar surface area (TPSA) is 106 Å². The number of benzene rings is 2. The van der Waals surface area contributed by atoms with E-state index in [1.54, 1.807) is 42.6 Å². The maximum absolute atomic E-state index is 12.6. The van der Waals surface area contributed by atoms with E-state index in [0.29, 0.717) is 29.9 Å². The number of aromatic amines is 1. The van der Waals surface area contributed by atoms with Crippen LogP contribution in [-0.4, -0.2) is 27.0 Å². The van der Waals surface area contributed by atoms with Crippen LogP contribution in [0.5, 0.6) is 5.75 Å². The predicted molar refractivity (Wildman–Crippen MR) is 121 cm³/mol. The highest BCUT2D eigenvalue weighted by atomic mass is 16.5. The molecule has 2 N–H and O–H groups in total. The number of carbonyl (C=O) groups is 1. The normalized spacial score (nSPS) is 10.8. The van der Waals surface area contributed by atoms with Crippen LogP contribution in [-0.2, 0) is 13.1 Å². The van der Waals surface area contributed by atoms with E-state index in [-0.39, 0.29) is 12.5 Å². The quantitative estimate of drug-likeness (QED) is 0.438. The van der Waals surface area contributed by atoms with Crippen LogP contribution in [0.25, 0.3) is 11.2 Å². The number of nitrogens with zero attached hydrogens (tertiary/aromatic N) is 2. The first-order valence-electron chi connectivity index (χ1n) is 10.2. The smallest absolute Gasteiger partial charge is 0.318 e. The van der Waals surface area contributed by atoms with Gasteiger partial charge in [0.05, 0.1) is 18.7 Å². The molecule has 0 bridgehead atoms. The second-order valence-corrected chi connectivity index (χ2v) is 7.14. The van der Waals surface area contributed by atoms with E-state index in [4.69, 9.17) is 4.74 Å². The fourth-order valence-corrected chi connectivity index (χ4v) is 3.42. The van der Waals surface area contributed by atoms with Gasteiger partial charge in [0.25, 0.3) is 5.91 Å². The molecule has 0 fully saturated rings. The molecule has 4 rings (SSSR count). The molecule has 32 heavy (non-hydrogen) atoms. The second kappa shape index (κ2) is 9.30. The van der Waals surface area contributed by atoms with Crippen LogP contribution in [0.3, 0.4) is 0 Å². The van der Waals surface area contributed by atoms with Crippen molar-refractivity contribution in [1.29, 1.82) is 0 Å². The van der Waals surface area contributed by atoms with Crippen molar-refractivity contribution in [3.05, 3.63) is 104 Å². The summed E-state index contributed by atoms with van der Waals surface area (Å²) in [5.74, 6) is 0.526. The first-order chi connectivity index (χ1) is 15.6. The third kappa shape index (κ3) is 4.44. The number of amides is 1. The number of hydrogen-bond donors (Lipinski definition) is 2. The van der Waals surface area contributed by atoms with Gasteiger partial charge >= 0.3 is 11.1 Å². The molecule has 0 unspecified atom stereocenters. The molecule has 0 aliphatic heterocycles. The van der Waals surface area contributed by atoms with Crippen molar-refractivity contribution < 1.29 is 9.53 Å². The van der Waals surface area contributed by atoms with Crippen molar-refractivity contribution in [3.63, 3.8) is 0 Å². The Hall–Kier alpha value is -4.20. The van der Waals surface area contributed by atoms with Gasteiger partial charge in [0, 0.05) is 23.9 Å². The van der Waals surface area contributed by atoms with E-state index in [2.05, 4.69) is 15.3 Å². The Kier molecular flexibility index (Phi) is 6.12. The zero-order valence-electron chi connectivity index (χ0n) is 17.5. The van der Waals surface area contributed by atoms with E-state index in [0.717, 1.165) is 16.9 Å². The zero-order valence-corrected chi connectivity index (χ0v) is 17.5. The summed E-state index contributed by atoms with van der Waals surface area (Å²) in [5.41, 5.74) is 1.66. The van der Waals surface area contributed by atoms with Gasteiger partial charge in [-0.2, -0.15) is 0 Å². The molecule has 0 atom stereocenters. The summed E-state index contributed by atoms with van der Waals surface area (Å²) in [6.45, 7) is 2.97. The number of pyridine rings is 1. The Bertz CT molecular complexity index is 1370. The van der Waals surface area contributed by atoms with Crippen LogP contribution in [0, 0.1) is 0 Å². The van der Waals surface area contributed by atoms with Crippen molar-refractivity contribution in [2.24, 2.45) is 0 Å². The Labute approximate surface area is 183 Å². The lowest BCUT2D eigenvalue weighted by Gasteiger charge is -2.11. The number of carbonyl (C=O) groups excluding carboxylic acids is 1. The molecular weight excluding hydrogens is 408 g/mol. The van der Waals surface area contributed by atoms with Gasteiger partial charge in [-0.3, -0.25) is 19.0 Å². The third-order valence-corrected chi connectivity index (χ3v) is 5.00. The number of rotatable bonds is 7. The van der Waals surface area contributed by atoms with Crippen molar-refractivity contribution in [2.75, 3.05) is 6.61 Å². The van der Waals surface area contributed by atoms with E-state index < -0.39 is 11.1 Å². The summed E-state index contributed by atoms with van der Waals surface area (Å²) in [6.07, 6.45) is 1.56. The molecule has 162 valence electrons. The Morgan fingerprint density at radius 3 is 2.62 bits per heavy atom. The minimum atomic E-state index is -0.700. The van der Waals surface area contributed by atoms with Crippen molar-refractivity contribution in [3.8, 4) is 5.75 Å². The molecule has 2 heterocycles. The molecule has 4 aromatic rings. The van der Waals surface area contributed by atoms with E-state index >= 15 is 0 Å². The molecule has 8 nitrogen and oxygen atoms in total. The lowest BCUT2D eigenvalue weighted by molar-refractivity contribution is 0.0950. The summed E-state index contributed by atoms with van der Waals surface area (Å²) in [4.78, 5) is 43.6. The Morgan fingerprint density at radius 2 is 1.84 bits per heavy atom. The Balaban J connectivity index is 1.49. The molecular formula is C24H22N4O4. The number of H-pyrrole nitrogens is 1. The second-order valence-electron chi connectivity index (χ2n) is 7.14. The molecule has 0 saturated heterocycles. The molecule has 2 aromatic carbocycles. The van der Waals surface area contributed by atoms with Crippen LogP contribution in [0.1, 0.15) is 28.4 Å². The lowest BCUT2D eigenvalue weighted by Crippen LogP contribution is -2.36. The van der Waals surface area contributed by atoms with Gasteiger partial charge in [0.2, 0.25) is 0 Å². The first kappa shape index (κ1) is 21.0.